The monoisotopic (exact) mass is 408 g/mol. The minimum atomic E-state index is -3.96. The van der Waals surface area contributed by atoms with Gasteiger partial charge in [-0.1, -0.05) is 23.7 Å². The molecule has 0 bridgehead atoms. The first-order chi connectivity index (χ1) is 12.8. The summed E-state index contributed by atoms with van der Waals surface area (Å²) in [6.45, 7) is 0.0501. The van der Waals surface area contributed by atoms with Crippen molar-refractivity contribution in [3.05, 3.63) is 53.1 Å². The number of halogens is 1. The Balaban J connectivity index is 1.90. The van der Waals surface area contributed by atoms with Crippen LogP contribution in [-0.2, 0) is 26.2 Å². The SMILES string of the molecule is COc1ccc(N2C(=O)CCC2=O)cc1S(=O)(=O)NCc1ccc(Cl)cc1. The van der Waals surface area contributed by atoms with Gasteiger partial charge in [-0.25, -0.2) is 13.1 Å². The fourth-order valence-electron chi connectivity index (χ4n) is 2.74. The molecule has 0 saturated carbocycles. The van der Waals surface area contributed by atoms with Crippen LogP contribution in [0, 0.1) is 0 Å². The molecule has 7 nitrogen and oxygen atoms in total. The Hall–Kier alpha value is -2.42. The lowest BCUT2D eigenvalue weighted by Crippen LogP contribution is -2.29. The van der Waals surface area contributed by atoms with Crippen LogP contribution in [0.2, 0.25) is 5.02 Å². The minimum absolute atomic E-state index is 0.0501. The number of amides is 2. The van der Waals surface area contributed by atoms with Crippen LogP contribution >= 0.6 is 11.6 Å². The summed E-state index contributed by atoms with van der Waals surface area (Å²) in [5, 5.41) is 0.552. The van der Waals surface area contributed by atoms with Crippen molar-refractivity contribution < 1.29 is 22.7 Å². The average Bonchev–Trinajstić information content (AvgIpc) is 2.99. The molecule has 27 heavy (non-hydrogen) atoms. The third kappa shape index (κ3) is 4.13. The fraction of sp³-hybridized carbons (Fsp3) is 0.222. The number of nitrogens with zero attached hydrogens (tertiary/aromatic N) is 1. The van der Waals surface area contributed by atoms with Gasteiger partial charge in [0.2, 0.25) is 21.8 Å². The molecule has 0 spiro atoms. The highest BCUT2D eigenvalue weighted by atomic mass is 35.5. The number of carbonyl (C=O) groups excluding carboxylic acids is 2. The van der Waals surface area contributed by atoms with Crippen molar-refractivity contribution >= 4 is 39.1 Å². The molecule has 2 amide bonds. The maximum atomic E-state index is 12.8. The number of rotatable bonds is 6. The zero-order chi connectivity index (χ0) is 19.6. The topological polar surface area (TPSA) is 92.8 Å². The predicted molar refractivity (Wildman–Crippen MR) is 100 cm³/mol. The molecule has 0 radical (unpaired) electrons. The second kappa shape index (κ2) is 7.67. The van der Waals surface area contributed by atoms with Crippen LogP contribution in [0.15, 0.2) is 47.4 Å². The summed E-state index contributed by atoms with van der Waals surface area (Å²) in [5.74, 6) is -0.605. The summed E-state index contributed by atoms with van der Waals surface area (Å²) in [6, 6.07) is 10.9. The zero-order valence-electron chi connectivity index (χ0n) is 14.4. The van der Waals surface area contributed by atoms with Gasteiger partial charge >= 0.3 is 0 Å². The number of hydrogen-bond donors (Lipinski definition) is 1. The molecule has 1 heterocycles. The van der Waals surface area contributed by atoms with E-state index in [2.05, 4.69) is 4.72 Å². The Labute approximate surface area is 161 Å². The number of nitrogens with one attached hydrogen (secondary N) is 1. The van der Waals surface area contributed by atoms with Crippen LogP contribution in [0.5, 0.6) is 5.75 Å². The summed E-state index contributed by atoms with van der Waals surface area (Å²) in [6.07, 6.45) is 0.226. The van der Waals surface area contributed by atoms with Gasteiger partial charge in [0.15, 0.2) is 0 Å². The van der Waals surface area contributed by atoms with Crippen molar-refractivity contribution in [3.8, 4) is 5.75 Å². The summed E-state index contributed by atoms with van der Waals surface area (Å²) < 4.78 is 33.2. The number of anilines is 1. The number of ether oxygens (including phenoxy) is 1. The smallest absolute Gasteiger partial charge is 0.244 e. The molecular formula is C18H17ClN2O5S. The molecule has 3 rings (SSSR count). The molecule has 0 atom stereocenters. The van der Waals surface area contributed by atoms with Crippen LogP contribution in [0.4, 0.5) is 5.69 Å². The molecule has 2 aromatic carbocycles. The van der Waals surface area contributed by atoms with E-state index in [1.165, 1.54) is 25.3 Å². The van der Waals surface area contributed by atoms with Gasteiger partial charge < -0.3 is 4.74 Å². The van der Waals surface area contributed by atoms with Crippen LogP contribution in [-0.4, -0.2) is 27.3 Å². The summed E-state index contributed by atoms with van der Waals surface area (Å²) in [4.78, 5) is 24.7. The Kier molecular flexibility index (Phi) is 5.50. The first-order valence-corrected chi connectivity index (χ1v) is 9.96. The van der Waals surface area contributed by atoms with E-state index in [1.807, 2.05) is 0 Å². The van der Waals surface area contributed by atoms with Gasteiger partial charge in [-0.2, -0.15) is 0 Å². The zero-order valence-corrected chi connectivity index (χ0v) is 16.0. The van der Waals surface area contributed by atoms with Gasteiger partial charge in [0, 0.05) is 24.4 Å². The molecule has 1 aliphatic rings. The minimum Gasteiger partial charge on any atom is -0.495 e. The number of benzene rings is 2. The highest BCUT2D eigenvalue weighted by Crippen LogP contribution is 2.31. The molecule has 1 aliphatic heterocycles. The number of imide groups is 1. The Bertz CT molecular complexity index is 973. The van der Waals surface area contributed by atoms with Crippen LogP contribution in [0.25, 0.3) is 0 Å². The summed E-state index contributed by atoms with van der Waals surface area (Å²) in [5.41, 5.74) is 0.929. The van der Waals surface area contributed by atoms with Crippen molar-refractivity contribution in [3.63, 3.8) is 0 Å². The van der Waals surface area contributed by atoms with Crippen molar-refractivity contribution in [1.29, 1.82) is 0 Å². The highest BCUT2D eigenvalue weighted by Gasteiger charge is 2.32. The second-order valence-electron chi connectivity index (χ2n) is 5.91. The van der Waals surface area contributed by atoms with Crippen molar-refractivity contribution in [1.82, 2.24) is 4.72 Å². The van der Waals surface area contributed by atoms with Gasteiger partial charge in [0.1, 0.15) is 10.6 Å². The lowest BCUT2D eigenvalue weighted by atomic mass is 10.2. The van der Waals surface area contributed by atoms with Crippen molar-refractivity contribution in [2.75, 3.05) is 12.0 Å². The highest BCUT2D eigenvalue weighted by molar-refractivity contribution is 7.89. The maximum absolute atomic E-state index is 12.8. The molecule has 142 valence electrons. The van der Waals surface area contributed by atoms with E-state index in [9.17, 15) is 18.0 Å². The number of methoxy groups -OCH3 is 1. The van der Waals surface area contributed by atoms with E-state index in [4.69, 9.17) is 16.3 Å². The van der Waals surface area contributed by atoms with E-state index in [0.717, 1.165) is 10.5 Å². The Morgan fingerprint density at radius 3 is 2.30 bits per heavy atom. The third-order valence-corrected chi connectivity index (χ3v) is 5.80. The van der Waals surface area contributed by atoms with E-state index >= 15 is 0 Å². The largest absolute Gasteiger partial charge is 0.495 e. The van der Waals surface area contributed by atoms with Gasteiger partial charge in [-0.05, 0) is 35.9 Å². The molecule has 0 aromatic heterocycles. The normalized spacial score (nSPS) is 14.7. The second-order valence-corrected chi connectivity index (χ2v) is 8.08. The van der Waals surface area contributed by atoms with Gasteiger partial charge in [0.05, 0.1) is 12.8 Å². The molecule has 0 unspecified atom stereocenters. The van der Waals surface area contributed by atoms with Crippen LogP contribution in [0.1, 0.15) is 18.4 Å². The molecule has 2 aromatic rings. The van der Waals surface area contributed by atoms with Crippen LogP contribution in [0.3, 0.4) is 0 Å². The lowest BCUT2D eigenvalue weighted by Gasteiger charge is -2.17. The van der Waals surface area contributed by atoms with E-state index in [0.29, 0.717) is 5.02 Å². The van der Waals surface area contributed by atoms with E-state index < -0.39 is 10.0 Å². The van der Waals surface area contributed by atoms with Gasteiger partial charge in [-0.15, -0.1) is 0 Å². The molecule has 1 N–H and O–H groups in total. The first-order valence-electron chi connectivity index (χ1n) is 8.10. The third-order valence-electron chi connectivity index (χ3n) is 4.13. The molecular weight excluding hydrogens is 392 g/mol. The van der Waals surface area contributed by atoms with E-state index in [-0.39, 0.29) is 47.5 Å². The number of hydrogen-bond acceptors (Lipinski definition) is 5. The first kappa shape index (κ1) is 19.3. The quantitative estimate of drug-likeness (QED) is 0.741. The lowest BCUT2D eigenvalue weighted by molar-refractivity contribution is -0.121. The molecule has 9 heteroatoms. The fourth-order valence-corrected chi connectivity index (χ4v) is 4.07. The van der Waals surface area contributed by atoms with Gasteiger partial charge in [0.25, 0.3) is 0 Å². The standard InChI is InChI=1S/C18H17ClN2O5S/c1-26-15-7-6-14(21-17(22)8-9-18(21)23)10-16(15)27(24,25)20-11-12-2-4-13(19)5-3-12/h2-7,10,20H,8-9,11H2,1H3. The van der Waals surface area contributed by atoms with Crippen molar-refractivity contribution in [2.45, 2.75) is 24.3 Å². The predicted octanol–water partition coefficient (Wildman–Crippen LogP) is 2.48. The summed E-state index contributed by atoms with van der Waals surface area (Å²) >= 11 is 5.83. The van der Waals surface area contributed by atoms with Gasteiger partial charge in [-0.3, -0.25) is 14.5 Å². The molecule has 1 fully saturated rings. The maximum Gasteiger partial charge on any atom is 0.244 e. The van der Waals surface area contributed by atoms with Crippen molar-refractivity contribution in [2.24, 2.45) is 0 Å². The Morgan fingerprint density at radius 1 is 1.07 bits per heavy atom. The van der Waals surface area contributed by atoms with E-state index in [1.54, 1.807) is 24.3 Å². The van der Waals surface area contributed by atoms with Crippen LogP contribution < -0.4 is 14.4 Å². The number of carbonyl (C=O) groups is 2. The average molecular weight is 409 g/mol. The molecule has 1 saturated heterocycles. The Morgan fingerprint density at radius 2 is 1.70 bits per heavy atom. The summed E-state index contributed by atoms with van der Waals surface area (Å²) in [7, 11) is -2.61. The molecule has 0 aliphatic carbocycles. The number of sulfonamides is 1.